The van der Waals surface area contributed by atoms with Crippen molar-refractivity contribution < 1.29 is 14.3 Å². The number of benzene rings is 1. The highest BCUT2D eigenvalue weighted by atomic mass is 19.1. The van der Waals surface area contributed by atoms with Crippen molar-refractivity contribution in [2.24, 2.45) is 0 Å². The molecule has 140 valence electrons. The van der Waals surface area contributed by atoms with Crippen LogP contribution in [0.1, 0.15) is 38.1 Å². The molecule has 0 unspecified atom stereocenters. The largest absolute Gasteiger partial charge is 0.477 e. The number of aromatic nitrogens is 1. The van der Waals surface area contributed by atoms with E-state index in [0.29, 0.717) is 24.3 Å². The lowest BCUT2D eigenvalue weighted by Gasteiger charge is -2.49. The minimum atomic E-state index is -1.31. The fraction of sp³-hybridized carbons (Fsp3) is 0.474. The van der Waals surface area contributed by atoms with E-state index in [1.165, 1.54) is 6.20 Å². The van der Waals surface area contributed by atoms with Crippen molar-refractivity contribution in [1.29, 1.82) is 0 Å². The molecule has 0 radical (unpaired) electrons. The lowest BCUT2D eigenvalue weighted by molar-refractivity contribution is 0.0694. The standard InChI is InChI=1S/C19H24FN3O3/c1-18(2,3)23-8-12(17(25)26)16(24)11-6-13(20)15(7-14(11)23)22-9-19(4,10-22)21-5/h6-8,21H,9-10H2,1-5H3,(H,25,26). The van der Waals surface area contributed by atoms with E-state index in [0.717, 1.165) is 6.07 Å². The van der Waals surface area contributed by atoms with Gasteiger partial charge in [-0.3, -0.25) is 4.79 Å². The van der Waals surface area contributed by atoms with E-state index in [1.54, 1.807) is 10.6 Å². The molecular weight excluding hydrogens is 337 g/mol. The van der Waals surface area contributed by atoms with Gasteiger partial charge in [-0.15, -0.1) is 0 Å². The molecule has 1 aromatic carbocycles. The summed E-state index contributed by atoms with van der Waals surface area (Å²) in [6, 6.07) is 2.81. The van der Waals surface area contributed by atoms with Gasteiger partial charge in [0.2, 0.25) is 5.43 Å². The van der Waals surface area contributed by atoms with Crippen LogP contribution in [0.2, 0.25) is 0 Å². The van der Waals surface area contributed by atoms with Crippen LogP contribution in [0.5, 0.6) is 0 Å². The number of halogens is 1. The van der Waals surface area contributed by atoms with E-state index < -0.39 is 22.8 Å². The Bertz CT molecular complexity index is 953. The quantitative estimate of drug-likeness (QED) is 0.878. The molecule has 0 bridgehead atoms. The van der Waals surface area contributed by atoms with Gasteiger partial charge < -0.3 is 19.9 Å². The number of rotatable bonds is 3. The normalized spacial score (nSPS) is 16.6. The van der Waals surface area contributed by atoms with Crippen LogP contribution in [-0.4, -0.2) is 41.3 Å². The molecule has 0 aliphatic carbocycles. The van der Waals surface area contributed by atoms with Gasteiger partial charge in [0.1, 0.15) is 11.4 Å². The van der Waals surface area contributed by atoms with Crippen molar-refractivity contribution in [2.75, 3.05) is 25.0 Å². The van der Waals surface area contributed by atoms with Gasteiger partial charge in [-0.25, -0.2) is 9.18 Å². The summed E-state index contributed by atoms with van der Waals surface area (Å²) in [6.07, 6.45) is 1.35. The minimum Gasteiger partial charge on any atom is -0.477 e. The van der Waals surface area contributed by atoms with Crippen molar-refractivity contribution in [3.8, 4) is 0 Å². The topological polar surface area (TPSA) is 74.6 Å². The Morgan fingerprint density at radius 1 is 1.31 bits per heavy atom. The van der Waals surface area contributed by atoms with Gasteiger partial charge in [-0.2, -0.15) is 0 Å². The van der Waals surface area contributed by atoms with Crippen LogP contribution in [0.15, 0.2) is 23.1 Å². The molecule has 1 aliphatic rings. The van der Waals surface area contributed by atoms with Gasteiger partial charge >= 0.3 is 5.97 Å². The van der Waals surface area contributed by atoms with E-state index in [9.17, 15) is 19.1 Å². The van der Waals surface area contributed by atoms with Gasteiger partial charge in [0.25, 0.3) is 0 Å². The van der Waals surface area contributed by atoms with Gasteiger partial charge in [0, 0.05) is 30.2 Å². The Morgan fingerprint density at radius 2 is 1.92 bits per heavy atom. The molecule has 2 aromatic rings. The van der Waals surface area contributed by atoms with Gasteiger partial charge in [0.05, 0.1) is 16.7 Å². The Labute approximate surface area is 151 Å². The van der Waals surface area contributed by atoms with Crippen molar-refractivity contribution in [2.45, 2.75) is 38.8 Å². The molecule has 1 aromatic heterocycles. The van der Waals surface area contributed by atoms with Crippen molar-refractivity contribution in [3.05, 3.63) is 39.9 Å². The molecular formula is C19H24FN3O3. The molecule has 0 saturated carbocycles. The summed E-state index contributed by atoms with van der Waals surface area (Å²) in [4.78, 5) is 25.9. The van der Waals surface area contributed by atoms with E-state index in [2.05, 4.69) is 12.2 Å². The Hall–Kier alpha value is -2.41. The van der Waals surface area contributed by atoms with Crippen LogP contribution in [0.3, 0.4) is 0 Å². The fourth-order valence-electron chi connectivity index (χ4n) is 3.41. The fourth-order valence-corrected chi connectivity index (χ4v) is 3.41. The SMILES string of the molecule is CNC1(C)CN(c2cc3c(cc2F)c(=O)c(C(=O)O)cn3C(C)(C)C)C1. The van der Waals surface area contributed by atoms with E-state index in [4.69, 9.17) is 0 Å². The summed E-state index contributed by atoms with van der Waals surface area (Å²) >= 11 is 0. The molecule has 7 heteroatoms. The maximum atomic E-state index is 14.7. The number of hydrogen-bond acceptors (Lipinski definition) is 4. The van der Waals surface area contributed by atoms with Gasteiger partial charge in [0.15, 0.2) is 0 Å². The Morgan fingerprint density at radius 3 is 2.42 bits per heavy atom. The molecule has 1 saturated heterocycles. The second-order valence-electron chi connectivity index (χ2n) is 8.21. The number of likely N-dealkylation sites (N-methyl/N-ethyl adjacent to an activating group) is 1. The molecule has 3 rings (SSSR count). The second-order valence-corrected chi connectivity index (χ2v) is 8.21. The summed E-state index contributed by atoms with van der Waals surface area (Å²) < 4.78 is 16.5. The first-order valence-corrected chi connectivity index (χ1v) is 8.53. The molecule has 0 atom stereocenters. The zero-order chi connectivity index (χ0) is 19.4. The number of anilines is 1. The van der Waals surface area contributed by atoms with Crippen LogP contribution < -0.4 is 15.6 Å². The zero-order valence-electron chi connectivity index (χ0n) is 15.7. The van der Waals surface area contributed by atoms with Crippen LogP contribution in [0.4, 0.5) is 10.1 Å². The maximum Gasteiger partial charge on any atom is 0.341 e. The molecule has 1 aliphatic heterocycles. The number of carbonyl (C=O) groups is 1. The van der Waals surface area contributed by atoms with Crippen LogP contribution in [0, 0.1) is 5.82 Å². The van der Waals surface area contributed by atoms with Crippen LogP contribution >= 0.6 is 0 Å². The van der Waals surface area contributed by atoms with Crippen molar-refractivity contribution in [3.63, 3.8) is 0 Å². The molecule has 2 N–H and O–H groups in total. The third-order valence-corrected chi connectivity index (χ3v) is 5.05. The van der Waals surface area contributed by atoms with Gasteiger partial charge in [-0.1, -0.05) is 0 Å². The summed E-state index contributed by atoms with van der Waals surface area (Å²) in [6.45, 7) is 9.10. The molecule has 26 heavy (non-hydrogen) atoms. The molecule has 0 amide bonds. The predicted octanol–water partition coefficient (Wildman–Crippen LogP) is 2.39. The molecule has 1 fully saturated rings. The third kappa shape index (κ3) is 2.86. The maximum absolute atomic E-state index is 14.7. The van der Waals surface area contributed by atoms with Crippen molar-refractivity contribution in [1.82, 2.24) is 9.88 Å². The number of carboxylic acids is 1. The zero-order valence-corrected chi connectivity index (χ0v) is 15.7. The van der Waals surface area contributed by atoms with Crippen LogP contribution in [0.25, 0.3) is 10.9 Å². The minimum absolute atomic E-state index is 0.0712. The van der Waals surface area contributed by atoms with E-state index in [1.807, 2.05) is 32.7 Å². The highest BCUT2D eigenvalue weighted by Gasteiger charge is 2.38. The van der Waals surface area contributed by atoms with E-state index in [-0.39, 0.29) is 16.5 Å². The number of carboxylic acid groups (broad SMARTS) is 1. The average molecular weight is 361 g/mol. The Balaban J connectivity index is 2.25. The Kier molecular flexibility index (Phi) is 4.10. The summed E-state index contributed by atoms with van der Waals surface area (Å²) in [5, 5.41) is 12.6. The average Bonchev–Trinajstić information content (AvgIpc) is 2.51. The summed E-state index contributed by atoms with van der Waals surface area (Å²) in [7, 11) is 1.87. The van der Waals surface area contributed by atoms with Gasteiger partial charge in [-0.05, 0) is 46.9 Å². The van der Waals surface area contributed by atoms with Crippen LogP contribution in [-0.2, 0) is 5.54 Å². The molecule has 6 nitrogen and oxygen atoms in total. The monoisotopic (exact) mass is 361 g/mol. The number of fused-ring (bicyclic) bond motifs is 1. The number of hydrogen-bond donors (Lipinski definition) is 2. The van der Waals surface area contributed by atoms with E-state index >= 15 is 0 Å². The smallest absolute Gasteiger partial charge is 0.341 e. The predicted molar refractivity (Wildman–Crippen MR) is 99.8 cm³/mol. The second kappa shape index (κ2) is 5.81. The number of nitrogens with one attached hydrogen (secondary N) is 1. The highest BCUT2D eigenvalue weighted by Crippen LogP contribution is 2.33. The first kappa shape index (κ1) is 18.4. The number of aromatic carboxylic acids is 1. The highest BCUT2D eigenvalue weighted by molar-refractivity contribution is 5.93. The third-order valence-electron chi connectivity index (χ3n) is 5.05. The number of nitrogens with zero attached hydrogens (tertiary/aromatic N) is 2. The number of pyridine rings is 1. The first-order chi connectivity index (χ1) is 12.0. The lowest BCUT2D eigenvalue weighted by Crippen LogP contribution is -2.67. The summed E-state index contributed by atoms with van der Waals surface area (Å²) in [5.41, 5.74) is -0.612. The van der Waals surface area contributed by atoms with Crippen molar-refractivity contribution >= 4 is 22.6 Å². The lowest BCUT2D eigenvalue weighted by atomic mass is 9.91. The first-order valence-electron chi connectivity index (χ1n) is 8.53. The summed E-state index contributed by atoms with van der Waals surface area (Å²) in [5.74, 6) is -1.83. The molecule has 2 heterocycles. The molecule has 0 spiro atoms.